The van der Waals surface area contributed by atoms with E-state index < -0.39 is 0 Å². The van der Waals surface area contributed by atoms with Gasteiger partial charge in [0.15, 0.2) is 0 Å². The lowest BCUT2D eigenvalue weighted by Crippen LogP contribution is -2.40. The molecule has 2 rings (SSSR count). The van der Waals surface area contributed by atoms with E-state index in [-0.39, 0.29) is 12.1 Å². The summed E-state index contributed by atoms with van der Waals surface area (Å²) in [7, 11) is 2.03. The molecule has 0 unspecified atom stereocenters. The number of carbonyl (C=O) groups is 1. The number of carbonyl (C=O) groups excluding carboxylic acids is 1. The lowest BCUT2D eigenvalue weighted by molar-refractivity contribution is 0.236. The Morgan fingerprint density at radius 1 is 1.45 bits per heavy atom. The minimum atomic E-state index is -0.167. The van der Waals surface area contributed by atoms with Crippen LogP contribution in [0.15, 0.2) is 22.9 Å². The zero-order chi connectivity index (χ0) is 16.1. The summed E-state index contributed by atoms with van der Waals surface area (Å²) < 4.78 is 7.18. The molecular weight excluding hydrogens is 280 g/mol. The van der Waals surface area contributed by atoms with Crippen LogP contribution in [-0.4, -0.2) is 21.8 Å². The average molecular weight is 304 g/mol. The molecule has 1 atom stereocenters. The molecule has 0 fully saturated rings. The molecule has 0 spiro atoms. The Bertz CT molecular complexity index is 610. The summed E-state index contributed by atoms with van der Waals surface area (Å²) in [6, 6.07) is 4.08. The van der Waals surface area contributed by atoms with Crippen molar-refractivity contribution in [3.8, 4) is 0 Å². The normalized spacial score (nSPS) is 12.2. The van der Waals surface area contributed by atoms with E-state index >= 15 is 0 Å². The number of hydrogen-bond donors (Lipinski definition) is 2. The van der Waals surface area contributed by atoms with Gasteiger partial charge in [0.05, 0.1) is 5.69 Å². The Hall–Kier alpha value is -2.24. The van der Waals surface area contributed by atoms with Crippen LogP contribution in [0.1, 0.15) is 36.1 Å². The van der Waals surface area contributed by atoms with Crippen LogP contribution in [0.25, 0.3) is 0 Å². The zero-order valence-electron chi connectivity index (χ0n) is 13.6. The van der Waals surface area contributed by atoms with Gasteiger partial charge in [0, 0.05) is 37.1 Å². The molecule has 2 amide bonds. The number of amides is 2. The van der Waals surface area contributed by atoms with Crippen LogP contribution in [0, 0.1) is 13.8 Å². The van der Waals surface area contributed by atoms with Crippen LogP contribution in [0.5, 0.6) is 0 Å². The predicted molar refractivity (Wildman–Crippen MR) is 84.5 cm³/mol. The van der Waals surface area contributed by atoms with Crippen LogP contribution in [-0.2, 0) is 20.0 Å². The van der Waals surface area contributed by atoms with Crippen molar-refractivity contribution in [3.05, 3.63) is 41.0 Å². The largest absolute Gasteiger partial charge is 0.361 e. The van der Waals surface area contributed by atoms with Gasteiger partial charge in [-0.3, -0.25) is 0 Å². The van der Waals surface area contributed by atoms with Crippen molar-refractivity contribution in [3.63, 3.8) is 0 Å². The minimum absolute atomic E-state index is 0.111. The summed E-state index contributed by atoms with van der Waals surface area (Å²) >= 11 is 0. The maximum Gasteiger partial charge on any atom is 0.315 e. The Morgan fingerprint density at radius 3 is 2.82 bits per heavy atom. The molecule has 0 bridgehead atoms. The van der Waals surface area contributed by atoms with Gasteiger partial charge in [0.25, 0.3) is 0 Å². The third-order valence-corrected chi connectivity index (χ3v) is 3.87. The van der Waals surface area contributed by atoms with Crippen molar-refractivity contribution in [2.24, 2.45) is 7.05 Å². The lowest BCUT2D eigenvalue weighted by atomic mass is 10.1. The first-order valence-electron chi connectivity index (χ1n) is 7.53. The molecule has 2 heterocycles. The van der Waals surface area contributed by atoms with Gasteiger partial charge in [0.1, 0.15) is 5.76 Å². The third kappa shape index (κ3) is 4.13. The topological polar surface area (TPSA) is 72.1 Å². The molecule has 6 heteroatoms. The number of nitrogens with one attached hydrogen (secondary N) is 2. The summed E-state index contributed by atoms with van der Waals surface area (Å²) in [6.07, 6.45) is 3.87. The lowest BCUT2D eigenvalue weighted by Gasteiger charge is -2.15. The Balaban J connectivity index is 1.73. The van der Waals surface area contributed by atoms with Crippen LogP contribution < -0.4 is 10.6 Å². The zero-order valence-corrected chi connectivity index (χ0v) is 13.6. The highest BCUT2D eigenvalue weighted by Gasteiger charge is 2.12. The first-order chi connectivity index (χ1) is 10.5. The van der Waals surface area contributed by atoms with E-state index in [1.165, 1.54) is 5.69 Å². The molecule has 0 saturated carbocycles. The van der Waals surface area contributed by atoms with E-state index in [4.69, 9.17) is 4.52 Å². The molecule has 2 aromatic rings. The fourth-order valence-corrected chi connectivity index (χ4v) is 2.39. The van der Waals surface area contributed by atoms with Gasteiger partial charge in [-0.15, -0.1) is 0 Å². The highest BCUT2D eigenvalue weighted by molar-refractivity contribution is 5.74. The molecule has 6 nitrogen and oxygen atoms in total. The van der Waals surface area contributed by atoms with Crippen LogP contribution in [0.2, 0.25) is 0 Å². The number of aromatic nitrogens is 2. The second kappa shape index (κ2) is 7.15. The molecule has 0 aromatic carbocycles. The summed E-state index contributed by atoms with van der Waals surface area (Å²) in [4.78, 5) is 11.9. The quantitative estimate of drug-likeness (QED) is 0.861. The molecule has 22 heavy (non-hydrogen) atoms. The van der Waals surface area contributed by atoms with Gasteiger partial charge < -0.3 is 19.7 Å². The minimum Gasteiger partial charge on any atom is -0.361 e. The second-order valence-electron chi connectivity index (χ2n) is 5.68. The van der Waals surface area contributed by atoms with Crippen molar-refractivity contribution in [1.29, 1.82) is 0 Å². The molecule has 0 aliphatic heterocycles. The maximum absolute atomic E-state index is 11.9. The van der Waals surface area contributed by atoms with E-state index in [1.54, 1.807) is 0 Å². The fourth-order valence-electron chi connectivity index (χ4n) is 2.39. The monoisotopic (exact) mass is 304 g/mol. The summed E-state index contributed by atoms with van der Waals surface area (Å²) in [5, 5.41) is 9.67. The molecule has 0 aliphatic carbocycles. The van der Waals surface area contributed by atoms with Gasteiger partial charge in [0.2, 0.25) is 0 Å². The molecule has 0 saturated heterocycles. The van der Waals surface area contributed by atoms with Crippen molar-refractivity contribution in [1.82, 2.24) is 20.4 Å². The molecule has 120 valence electrons. The van der Waals surface area contributed by atoms with Gasteiger partial charge in [-0.1, -0.05) is 5.16 Å². The van der Waals surface area contributed by atoms with Gasteiger partial charge in [-0.05, 0) is 45.7 Å². The standard InChI is InChI=1S/C16H24N4O2/c1-11(7-8-14-6-5-9-20(14)4)18-16(21)17-10-15-12(2)19-22-13(15)3/h5-6,9,11H,7-8,10H2,1-4H3,(H2,17,18,21)/t11-/m0/s1. The smallest absolute Gasteiger partial charge is 0.315 e. The van der Waals surface area contributed by atoms with Crippen molar-refractivity contribution in [2.45, 2.75) is 46.2 Å². The van der Waals surface area contributed by atoms with Crippen molar-refractivity contribution >= 4 is 6.03 Å². The van der Waals surface area contributed by atoms with Crippen molar-refractivity contribution in [2.75, 3.05) is 0 Å². The number of nitrogens with zero attached hydrogens (tertiary/aromatic N) is 2. The first-order valence-corrected chi connectivity index (χ1v) is 7.53. The van der Waals surface area contributed by atoms with E-state index in [1.807, 2.05) is 40.1 Å². The van der Waals surface area contributed by atoms with E-state index in [9.17, 15) is 4.79 Å². The molecular formula is C16H24N4O2. The fraction of sp³-hybridized carbons (Fsp3) is 0.500. The molecule has 2 N–H and O–H groups in total. The SMILES string of the molecule is Cc1noc(C)c1CNC(=O)N[C@@H](C)CCc1cccn1C. The summed E-state index contributed by atoms with van der Waals surface area (Å²) in [6.45, 7) is 6.15. The first kappa shape index (κ1) is 16.1. The van der Waals surface area contributed by atoms with Gasteiger partial charge >= 0.3 is 6.03 Å². The van der Waals surface area contributed by atoms with Crippen LogP contribution in [0.4, 0.5) is 4.79 Å². The van der Waals surface area contributed by atoms with Crippen molar-refractivity contribution < 1.29 is 9.32 Å². The van der Waals surface area contributed by atoms with E-state index in [0.717, 1.165) is 29.9 Å². The Kier molecular flexibility index (Phi) is 5.25. The van der Waals surface area contributed by atoms with Gasteiger partial charge in [-0.2, -0.15) is 0 Å². The molecule has 2 aromatic heterocycles. The Labute approximate surface area is 130 Å². The number of urea groups is 1. The highest BCUT2D eigenvalue weighted by atomic mass is 16.5. The Morgan fingerprint density at radius 2 is 2.23 bits per heavy atom. The van der Waals surface area contributed by atoms with E-state index in [0.29, 0.717) is 6.54 Å². The highest BCUT2D eigenvalue weighted by Crippen LogP contribution is 2.11. The number of aryl methyl sites for hydroxylation is 4. The van der Waals surface area contributed by atoms with Gasteiger partial charge in [-0.25, -0.2) is 4.79 Å². The second-order valence-corrected chi connectivity index (χ2v) is 5.68. The average Bonchev–Trinajstić information content (AvgIpc) is 3.01. The van der Waals surface area contributed by atoms with Crippen LogP contribution >= 0.6 is 0 Å². The predicted octanol–water partition coefficient (Wildman–Crippen LogP) is 2.45. The molecule has 0 aliphatic rings. The van der Waals surface area contributed by atoms with E-state index in [2.05, 4.69) is 26.4 Å². The number of hydrogen-bond acceptors (Lipinski definition) is 3. The summed E-state index contributed by atoms with van der Waals surface area (Å²) in [5.41, 5.74) is 3.02. The number of rotatable bonds is 6. The third-order valence-electron chi connectivity index (χ3n) is 3.87. The molecule has 0 radical (unpaired) electrons. The van der Waals surface area contributed by atoms with Crippen LogP contribution in [0.3, 0.4) is 0 Å². The maximum atomic E-state index is 11.9. The summed E-state index contributed by atoms with van der Waals surface area (Å²) in [5.74, 6) is 0.745.